The van der Waals surface area contributed by atoms with Crippen molar-refractivity contribution in [3.63, 3.8) is 0 Å². The minimum Gasteiger partial charge on any atom is -0.481 e. The van der Waals surface area contributed by atoms with Crippen LogP contribution in [0.15, 0.2) is 30.5 Å². The second-order valence-corrected chi connectivity index (χ2v) is 3.65. The zero-order valence-corrected chi connectivity index (χ0v) is 8.89. The molecule has 0 aliphatic rings. The van der Waals surface area contributed by atoms with Crippen molar-refractivity contribution >= 4 is 22.8 Å². The predicted octanol–water partition coefficient (Wildman–Crippen LogP) is 2.29. The summed E-state index contributed by atoms with van der Waals surface area (Å²) in [6.45, 7) is 0. The molecule has 88 valence electrons. The number of aromatic nitrogens is 1. The van der Waals surface area contributed by atoms with Crippen molar-refractivity contribution < 1.29 is 19.1 Å². The maximum Gasteiger partial charge on any atom is 0.303 e. The average molecular weight is 235 g/mol. The van der Waals surface area contributed by atoms with Gasteiger partial charge in [-0.25, -0.2) is 4.39 Å². The Morgan fingerprint density at radius 2 is 2.00 bits per heavy atom. The molecule has 0 aliphatic carbocycles. The van der Waals surface area contributed by atoms with Crippen molar-refractivity contribution in [3.05, 3.63) is 36.3 Å². The molecule has 2 rings (SSSR count). The first kappa shape index (κ1) is 11.3. The van der Waals surface area contributed by atoms with Gasteiger partial charge in [0, 0.05) is 18.0 Å². The molecule has 0 atom stereocenters. The van der Waals surface area contributed by atoms with Crippen LogP contribution in [0.2, 0.25) is 0 Å². The molecule has 0 amide bonds. The standard InChI is InChI=1S/C12H10FNO3/c13-9-3-1-2-8-6-7-14(12(8)9)10(15)4-5-11(16)17/h1-3,6-7H,4-5H2,(H,16,17). The van der Waals surface area contributed by atoms with Gasteiger partial charge < -0.3 is 5.11 Å². The summed E-state index contributed by atoms with van der Waals surface area (Å²) >= 11 is 0. The predicted molar refractivity (Wildman–Crippen MR) is 59.4 cm³/mol. The molecule has 0 radical (unpaired) electrons. The summed E-state index contributed by atoms with van der Waals surface area (Å²) in [5, 5.41) is 9.11. The van der Waals surface area contributed by atoms with Gasteiger partial charge in [-0.15, -0.1) is 0 Å². The van der Waals surface area contributed by atoms with E-state index in [9.17, 15) is 14.0 Å². The normalized spacial score (nSPS) is 10.6. The van der Waals surface area contributed by atoms with Crippen molar-refractivity contribution in [2.75, 3.05) is 0 Å². The van der Waals surface area contributed by atoms with Gasteiger partial charge >= 0.3 is 5.97 Å². The van der Waals surface area contributed by atoms with Gasteiger partial charge in [0.1, 0.15) is 5.82 Å². The van der Waals surface area contributed by atoms with Crippen LogP contribution in [0.25, 0.3) is 10.9 Å². The Labute approximate surface area is 96.3 Å². The third-order valence-corrected chi connectivity index (χ3v) is 2.48. The third kappa shape index (κ3) is 2.18. The minimum absolute atomic E-state index is 0.145. The second kappa shape index (κ2) is 4.37. The number of benzene rings is 1. The summed E-state index contributed by atoms with van der Waals surface area (Å²) in [7, 11) is 0. The zero-order valence-electron chi connectivity index (χ0n) is 8.89. The highest BCUT2D eigenvalue weighted by atomic mass is 19.1. The Bertz CT molecular complexity index is 588. The maximum atomic E-state index is 13.5. The number of para-hydroxylation sites is 1. The van der Waals surface area contributed by atoms with E-state index in [1.54, 1.807) is 18.2 Å². The average Bonchev–Trinajstić information content (AvgIpc) is 2.71. The highest BCUT2D eigenvalue weighted by Crippen LogP contribution is 2.19. The van der Waals surface area contributed by atoms with Gasteiger partial charge in [-0.1, -0.05) is 12.1 Å². The van der Waals surface area contributed by atoms with E-state index in [4.69, 9.17) is 5.11 Å². The van der Waals surface area contributed by atoms with Crippen molar-refractivity contribution in [1.82, 2.24) is 4.57 Å². The van der Waals surface area contributed by atoms with E-state index in [1.165, 1.54) is 12.3 Å². The van der Waals surface area contributed by atoms with Crippen molar-refractivity contribution in [2.45, 2.75) is 12.8 Å². The smallest absolute Gasteiger partial charge is 0.303 e. The van der Waals surface area contributed by atoms with E-state index >= 15 is 0 Å². The molecule has 1 heterocycles. The molecule has 0 bridgehead atoms. The van der Waals surface area contributed by atoms with Gasteiger partial charge in [-0.3, -0.25) is 14.2 Å². The lowest BCUT2D eigenvalue weighted by Gasteiger charge is -2.03. The Morgan fingerprint density at radius 3 is 2.71 bits per heavy atom. The number of carbonyl (C=O) groups excluding carboxylic acids is 1. The Kier molecular flexibility index (Phi) is 2.91. The Morgan fingerprint density at radius 1 is 1.24 bits per heavy atom. The molecule has 0 spiro atoms. The molecule has 0 fully saturated rings. The molecule has 0 unspecified atom stereocenters. The lowest BCUT2D eigenvalue weighted by molar-refractivity contribution is -0.136. The van der Waals surface area contributed by atoms with Crippen molar-refractivity contribution in [3.8, 4) is 0 Å². The molecule has 0 saturated heterocycles. The summed E-state index contributed by atoms with van der Waals surface area (Å²) < 4.78 is 14.7. The van der Waals surface area contributed by atoms with Gasteiger partial charge in [0.05, 0.1) is 11.9 Å². The van der Waals surface area contributed by atoms with E-state index in [1.807, 2.05) is 0 Å². The number of fused-ring (bicyclic) bond motifs is 1. The number of carboxylic acids is 1. The number of aliphatic carboxylic acids is 1. The van der Waals surface area contributed by atoms with E-state index in [0.717, 1.165) is 4.57 Å². The largest absolute Gasteiger partial charge is 0.481 e. The first-order chi connectivity index (χ1) is 8.09. The third-order valence-electron chi connectivity index (χ3n) is 2.48. The van der Waals surface area contributed by atoms with Crippen LogP contribution in [0.4, 0.5) is 4.39 Å². The molecule has 1 N–H and O–H groups in total. The summed E-state index contributed by atoms with van der Waals surface area (Å²) in [5.41, 5.74) is 0.197. The van der Waals surface area contributed by atoms with Crippen molar-refractivity contribution in [1.29, 1.82) is 0 Å². The SMILES string of the molecule is O=C(O)CCC(=O)n1ccc2cccc(F)c21. The van der Waals surface area contributed by atoms with Crippen molar-refractivity contribution in [2.24, 2.45) is 0 Å². The van der Waals surface area contributed by atoms with E-state index in [2.05, 4.69) is 0 Å². The molecule has 17 heavy (non-hydrogen) atoms. The van der Waals surface area contributed by atoms with Crippen LogP contribution >= 0.6 is 0 Å². The second-order valence-electron chi connectivity index (χ2n) is 3.65. The van der Waals surface area contributed by atoms with E-state index in [0.29, 0.717) is 5.39 Å². The zero-order chi connectivity index (χ0) is 12.4. The van der Waals surface area contributed by atoms with Crippen LogP contribution < -0.4 is 0 Å². The fourth-order valence-corrected chi connectivity index (χ4v) is 1.69. The Hall–Kier alpha value is -2.17. The van der Waals surface area contributed by atoms with Crippen LogP contribution in [0.5, 0.6) is 0 Å². The fourth-order valence-electron chi connectivity index (χ4n) is 1.69. The van der Waals surface area contributed by atoms with Gasteiger partial charge in [-0.2, -0.15) is 0 Å². The van der Waals surface area contributed by atoms with E-state index < -0.39 is 17.7 Å². The number of hydrogen-bond donors (Lipinski definition) is 1. The molecule has 5 heteroatoms. The molecule has 2 aromatic rings. The summed E-state index contributed by atoms with van der Waals surface area (Å²) in [5.74, 6) is -1.96. The van der Waals surface area contributed by atoms with Crippen LogP contribution in [-0.2, 0) is 4.79 Å². The monoisotopic (exact) mass is 235 g/mol. The number of rotatable bonds is 3. The number of carboxylic acid groups (broad SMARTS) is 1. The van der Waals surface area contributed by atoms with Crippen LogP contribution in [0.1, 0.15) is 17.6 Å². The highest BCUT2D eigenvalue weighted by Gasteiger charge is 2.13. The molecule has 4 nitrogen and oxygen atoms in total. The van der Waals surface area contributed by atoms with Gasteiger partial charge in [0.25, 0.3) is 0 Å². The number of halogens is 1. The number of nitrogens with zero attached hydrogens (tertiary/aromatic N) is 1. The van der Waals surface area contributed by atoms with Gasteiger partial charge in [0.2, 0.25) is 5.91 Å². The summed E-state index contributed by atoms with van der Waals surface area (Å²) in [6, 6.07) is 6.14. The van der Waals surface area contributed by atoms with Crippen LogP contribution in [0.3, 0.4) is 0 Å². The Balaban J connectivity index is 2.36. The number of hydrogen-bond acceptors (Lipinski definition) is 2. The lowest BCUT2D eigenvalue weighted by Crippen LogP contribution is -2.11. The topological polar surface area (TPSA) is 59.3 Å². The first-order valence-corrected chi connectivity index (χ1v) is 5.10. The molecule has 1 aromatic heterocycles. The first-order valence-electron chi connectivity index (χ1n) is 5.10. The quantitative estimate of drug-likeness (QED) is 0.887. The van der Waals surface area contributed by atoms with Gasteiger partial charge in [-0.05, 0) is 12.1 Å². The van der Waals surface area contributed by atoms with Crippen LogP contribution in [-0.4, -0.2) is 21.6 Å². The molecular weight excluding hydrogens is 225 g/mol. The van der Waals surface area contributed by atoms with E-state index in [-0.39, 0.29) is 18.4 Å². The fraction of sp³-hybridized carbons (Fsp3) is 0.167. The van der Waals surface area contributed by atoms with Gasteiger partial charge in [0.15, 0.2) is 0 Å². The molecular formula is C12H10FNO3. The van der Waals surface area contributed by atoms with Crippen LogP contribution in [0, 0.1) is 5.82 Å². The minimum atomic E-state index is -1.05. The highest BCUT2D eigenvalue weighted by molar-refractivity contribution is 5.93. The number of carbonyl (C=O) groups is 2. The lowest BCUT2D eigenvalue weighted by atomic mass is 10.2. The summed E-state index contributed by atoms with van der Waals surface area (Å²) in [6.07, 6.45) is 1.05. The summed E-state index contributed by atoms with van der Waals surface area (Å²) in [4.78, 5) is 22.1. The molecule has 0 saturated carbocycles. The maximum absolute atomic E-state index is 13.5. The molecule has 0 aliphatic heterocycles. The molecule has 1 aromatic carbocycles.